The van der Waals surface area contributed by atoms with E-state index in [4.69, 9.17) is 5.11 Å². The van der Waals surface area contributed by atoms with Gasteiger partial charge in [0, 0.05) is 22.7 Å². The Morgan fingerprint density at radius 3 is 2.70 bits per heavy atom. The second-order valence-corrected chi connectivity index (χ2v) is 5.82. The predicted octanol–water partition coefficient (Wildman–Crippen LogP) is 3.23. The molecule has 1 saturated carbocycles. The van der Waals surface area contributed by atoms with E-state index in [9.17, 15) is 9.59 Å². The van der Waals surface area contributed by atoms with Crippen LogP contribution in [0.5, 0.6) is 0 Å². The molecule has 20 heavy (non-hydrogen) atoms. The lowest BCUT2D eigenvalue weighted by Crippen LogP contribution is -2.38. The van der Waals surface area contributed by atoms with E-state index >= 15 is 0 Å². The molecule has 5 nitrogen and oxygen atoms in total. The molecule has 0 atom stereocenters. The van der Waals surface area contributed by atoms with Crippen molar-refractivity contribution in [3.8, 4) is 0 Å². The van der Waals surface area contributed by atoms with Crippen LogP contribution in [0.1, 0.15) is 24.8 Å². The first kappa shape index (κ1) is 14.8. The Morgan fingerprint density at radius 2 is 2.15 bits per heavy atom. The fraction of sp³-hybridized carbons (Fsp3) is 0.429. The SMILES string of the molecule is Cc1cc(NC(=O)N(CCC(=O)O)C2CC2)ccc1Br. The van der Waals surface area contributed by atoms with Gasteiger partial charge in [0.1, 0.15) is 0 Å². The number of carboxylic acids is 1. The molecule has 1 aliphatic rings. The van der Waals surface area contributed by atoms with Gasteiger partial charge in [-0.25, -0.2) is 4.79 Å². The number of urea groups is 1. The van der Waals surface area contributed by atoms with Crippen LogP contribution in [0.25, 0.3) is 0 Å². The zero-order chi connectivity index (χ0) is 14.7. The number of aliphatic carboxylic acids is 1. The summed E-state index contributed by atoms with van der Waals surface area (Å²) in [5.74, 6) is -0.886. The van der Waals surface area contributed by atoms with Gasteiger partial charge in [0.2, 0.25) is 0 Å². The number of anilines is 1. The lowest BCUT2D eigenvalue weighted by Gasteiger charge is -2.22. The van der Waals surface area contributed by atoms with E-state index in [0.717, 1.165) is 28.6 Å². The standard InChI is InChI=1S/C14H17BrN2O3/c1-9-8-10(2-5-12(9)15)16-14(20)17(11-3-4-11)7-6-13(18)19/h2,5,8,11H,3-4,6-7H2,1H3,(H,16,20)(H,18,19). The molecule has 0 unspecified atom stereocenters. The van der Waals surface area contributed by atoms with Crippen molar-refractivity contribution < 1.29 is 14.7 Å². The molecule has 1 fully saturated rings. The molecule has 0 heterocycles. The van der Waals surface area contributed by atoms with Crippen molar-refractivity contribution in [2.45, 2.75) is 32.2 Å². The molecule has 108 valence electrons. The fourth-order valence-corrected chi connectivity index (χ4v) is 2.22. The molecule has 0 saturated heterocycles. The van der Waals surface area contributed by atoms with Crippen LogP contribution in [0.15, 0.2) is 22.7 Å². The van der Waals surface area contributed by atoms with Crippen molar-refractivity contribution in [1.82, 2.24) is 4.90 Å². The number of hydrogen-bond acceptors (Lipinski definition) is 2. The van der Waals surface area contributed by atoms with Crippen molar-refractivity contribution in [3.63, 3.8) is 0 Å². The van der Waals surface area contributed by atoms with Crippen LogP contribution in [0, 0.1) is 6.92 Å². The third-order valence-corrected chi connectivity index (χ3v) is 4.11. The minimum Gasteiger partial charge on any atom is -0.481 e. The molecule has 2 rings (SSSR count). The number of carbonyl (C=O) groups excluding carboxylic acids is 1. The average Bonchev–Trinajstić information content (AvgIpc) is 3.18. The van der Waals surface area contributed by atoms with Crippen molar-refractivity contribution in [3.05, 3.63) is 28.2 Å². The van der Waals surface area contributed by atoms with E-state index in [1.54, 1.807) is 4.90 Å². The monoisotopic (exact) mass is 340 g/mol. The number of aryl methyl sites for hydroxylation is 1. The maximum Gasteiger partial charge on any atom is 0.322 e. The summed E-state index contributed by atoms with van der Waals surface area (Å²) in [6, 6.07) is 5.53. The van der Waals surface area contributed by atoms with Crippen LogP contribution in [0.2, 0.25) is 0 Å². The van der Waals surface area contributed by atoms with Gasteiger partial charge in [-0.05, 0) is 43.5 Å². The lowest BCUT2D eigenvalue weighted by atomic mass is 10.2. The minimum absolute atomic E-state index is 0.0245. The second-order valence-electron chi connectivity index (χ2n) is 4.96. The third-order valence-electron chi connectivity index (χ3n) is 3.22. The Bertz CT molecular complexity index is 529. The van der Waals surface area contributed by atoms with Gasteiger partial charge >= 0.3 is 12.0 Å². The van der Waals surface area contributed by atoms with Crippen LogP contribution in [0.3, 0.4) is 0 Å². The number of carbonyl (C=O) groups is 2. The molecular formula is C14H17BrN2O3. The quantitative estimate of drug-likeness (QED) is 0.864. The van der Waals surface area contributed by atoms with Gasteiger partial charge in [0.15, 0.2) is 0 Å². The highest BCUT2D eigenvalue weighted by Gasteiger charge is 2.32. The Kier molecular flexibility index (Phi) is 4.65. The van der Waals surface area contributed by atoms with Gasteiger partial charge in [-0.2, -0.15) is 0 Å². The van der Waals surface area contributed by atoms with Gasteiger partial charge in [-0.15, -0.1) is 0 Å². The number of hydrogen-bond donors (Lipinski definition) is 2. The number of benzene rings is 1. The van der Waals surface area contributed by atoms with Crippen LogP contribution in [-0.4, -0.2) is 34.6 Å². The molecule has 0 radical (unpaired) electrons. The Labute approximate surface area is 126 Å². The summed E-state index contributed by atoms with van der Waals surface area (Å²) in [5, 5.41) is 11.6. The Morgan fingerprint density at radius 1 is 1.45 bits per heavy atom. The van der Waals surface area contributed by atoms with Crippen molar-refractivity contribution in [2.75, 3.05) is 11.9 Å². The third kappa shape index (κ3) is 3.96. The average molecular weight is 341 g/mol. The number of nitrogens with one attached hydrogen (secondary N) is 1. The Hall–Kier alpha value is -1.56. The summed E-state index contributed by atoms with van der Waals surface area (Å²) < 4.78 is 0.987. The highest BCUT2D eigenvalue weighted by Crippen LogP contribution is 2.28. The summed E-state index contributed by atoms with van der Waals surface area (Å²) in [7, 11) is 0. The molecule has 2 N–H and O–H groups in total. The zero-order valence-electron chi connectivity index (χ0n) is 11.2. The molecule has 1 aromatic rings. The molecule has 2 amide bonds. The van der Waals surface area contributed by atoms with Crippen molar-refractivity contribution >= 4 is 33.6 Å². The Balaban J connectivity index is 2.00. The van der Waals surface area contributed by atoms with E-state index in [0.29, 0.717) is 0 Å². The zero-order valence-corrected chi connectivity index (χ0v) is 12.8. The van der Waals surface area contributed by atoms with Crippen LogP contribution in [-0.2, 0) is 4.79 Å². The van der Waals surface area contributed by atoms with Crippen molar-refractivity contribution in [1.29, 1.82) is 0 Å². The smallest absolute Gasteiger partial charge is 0.322 e. The molecule has 0 aliphatic heterocycles. The van der Waals surface area contributed by atoms with Gasteiger partial charge in [-0.3, -0.25) is 4.79 Å². The normalized spacial score (nSPS) is 13.9. The molecule has 1 aromatic carbocycles. The maximum absolute atomic E-state index is 12.2. The summed E-state index contributed by atoms with van der Waals surface area (Å²) in [4.78, 5) is 24.5. The summed E-state index contributed by atoms with van der Waals surface area (Å²) in [6.07, 6.45) is 1.88. The molecule has 6 heteroatoms. The molecule has 1 aliphatic carbocycles. The minimum atomic E-state index is -0.886. The van der Waals surface area contributed by atoms with Gasteiger partial charge < -0.3 is 15.3 Å². The number of halogens is 1. The van der Waals surface area contributed by atoms with Crippen LogP contribution < -0.4 is 5.32 Å². The van der Waals surface area contributed by atoms with E-state index < -0.39 is 5.97 Å². The largest absolute Gasteiger partial charge is 0.481 e. The number of rotatable bonds is 5. The van der Waals surface area contributed by atoms with Crippen LogP contribution in [0.4, 0.5) is 10.5 Å². The first-order valence-electron chi connectivity index (χ1n) is 6.53. The van der Waals surface area contributed by atoms with Gasteiger partial charge in [0.05, 0.1) is 6.42 Å². The van der Waals surface area contributed by atoms with E-state index in [1.807, 2.05) is 25.1 Å². The fourth-order valence-electron chi connectivity index (χ4n) is 1.97. The number of nitrogens with zero attached hydrogens (tertiary/aromatic N) is 1. The maximum atomic E-state index is 12.2. The predicted molar refractivity (Wildman–Crippen MR) is 79.9 cm³/mol. The number of carboxylic acid groups (broad SMARTS) is 1. The molecule has 0 aromatic heterocycles. The van der Waals surface area contributed by atoms with Gasteiger partial charge in [-0.1, -0.05) is 15.9 Å². The van der Waals surface area contributed by atoms with Crippen LogP contribution >= 0.6 is 15.9 Å². The van der Waals surface area contributed by atoms with E-state index in [1.165, 1.54) is 0 Å². The van der Waals surface area contributed by atoms with E-state index in [-0.39, 0.29) is 25.0 Å². The highest BCUT2D eigenvalue weighted by atomic mass is 79.9. The summed E-state index contributed by atoms with van der Waals surface area (Å²) >= 11 is 3.41. The highest BCUT2D eigenvalue weighted by molar-refractivity contribution is 9.10. The number of amides is 2. The molecule has 0 bridgehead atoms. The van der Waals surface area contributed by atoms with E-state index in [2.05, 4.69) is 21.2 Å². The first-order valence-corrected chi connectivity index (χ1v) is 7.32. The lowest BCUT2D eigenvalue weighted by molar-refractivity contribution is -0.137. The second kappa shape index (κ2) is 6.26. The van der Waals surface area contributed by atoms with Gasteiger partial charge in [0.25, 0.3) is 0 Å². The molecule has 0 spiro atoms. The first-order chi connectivity index (χ1) is 9.47. The molecular weight excluding hydrogens is 324 g/mol. The summed E-state index contributed by atoms with van der Waals surface area (Å²) in [6.45, 7) is 2.20. The summed E-state index contributed by atoms with van der Waals surface area (Å²) in [5.41, 5.74) is 1.75. The topological polar surface area (TPSA) is 69.6 Å². The van der Waals surface area contributed by atoms with Crippen molar-refractivity contribution in [2.24, 2.45) is 0 Å².